The highest BCUT2D eigenvalue weighted by Crippen LogP contribution is 2.27. The number of halogens is 3. The van der Waals surface area contributed by atoms with E-state index in [4.69, 9.17) is 22.1 Å². The number of nitrogen functional groups attached to an aromatic ring is 1. The number of benzene rings is 1. The molecule has 3 nitrogen and oxygen atoms in total. The van der Waals surface area contributed by atoms with Crippen LogP contribution in [0.4, 0.5) is 14.5 Å². The van der Waals surface area contributed by atoms with Gasteiger partial charge in [0.1, 0.15) is 22.5 Å². The van der Waals surface area contributed by atoms with E-state index in [2.05, 4.69) is 4.98 Å². The van der Waals surface area contributed by atoms with Crippen LogP contribution in [-0.2, 0) is 0 Å². The van der Waals surface area contributed by atoms with Gasteiger partial charge in [0.25, 0.3) is 0 Å². The molecule has 0 bridgehead atoms. The van der Waals surface area contributed by atoms with E-state index in [0.29, 0.717) is 0 Å². The van der Waals surface area contributed by atoms with E-state index >= 15 is 0 Å². The number of pyridine rings is 1. The minimum absolute atomic E-state index is 0.00231. The third kappa shape index (κ3) is 2.82. The van der Waals surface area contributed by atoms with Crippen molar-refractivity contribution in [2.24, 2.45) is 0 Å². The molecular weight excluding hydrogens is 250 g/mol. The van der Waals surface area contributed by atoms with E-state index in [9.17, 15) is 8.78 Å². The van der Waals surface area contributed by atoms with Gasteiger partial charge in [0, 0.05) is 18.2 Å². The number of hydrogen-bond acceptors (Lipinski definition) is 3. The molecule has 0 amide bonds. The summed E-state index contributed by atoms with van der Waals surface area (Å²) in [5.41, 5.74) is 5.80. The maximum atomic E-state index is 12.9. The van der Waals surface area contributed by atoms with E-state index in [1.165, 1.54) is 12.1 Å². The number of ether oxygens (including phenoxy) is 1. The largest absolute Gasteiger partial charge is 0.437 e. The Balaban J connectivity index is 2.34. The average molecular weight is 257 g/mol. The van der Waals surface area contributed by atoms with Crippen molar-refractivity contribution in [1.82, 2.24) is 4.98 Å². The fourth-order valence-electron chi connectivity index (χ4n) is 1.21. The molecular formula is C11H7ClF2N2O. The first-order valence-corrected chi connectivity index (χ1v) is 4.98. The summed E-state index contributed by atoms with van der Waals surface area (Å²) in [6, 6.07) is 5.74. The zero-order valence-electron chi connectivity index (χ0n) is 8.45. The monoisotopic (exact) mass is 256 g/mol. The molecule has 0 unspecified atom stereocenters. The summed E-state index contributed by atoms with van der Waals surface area (Å²) in [4.78, 5) is 3.80. The van der Waals surface area contributed by atoms with Crippen LogP contribution in [0.1, 0.15) is 0 Å². The molecule has 6 heteroatoms. The van der Waals surface area contributed by atoms with Gasteiger partial charge in [0.2, 0.25) is 5.88 Å². The highest BCUT2D eigenvalue weighted by atomic mass is 35.5. The highest BCUT2D eigenvalue weighted by Gasteiger charge is 2.07. The highest BCUT2D eigenvalue weighted by molar-refractivity contribution is 6.29. The molecule has 17 heavy (non-hydrogen) atoms. The van der Waals surface area contributed by atoms with Gasteiger partial charge in [-0.3, -0.25) is 0 Å². The summed E-state index contributed by atoms with van der Waals surface area (Å²) in [7, 11) is 0. The normalized spacial score (nSPS) is 10.3. The van der Waals surface area contributed by atoms with Gasteiger partial charge in [-0.05, 0) is 12.1 Å². The van der Waals surface area contributed by atoms with E-state index in [0.717, 1.165) is 18.2 Å². The molecule has 2 N–H and O–H groups in total. The second kappa shape index (κ2) is 4.55. The summed E-state index contributed by atoms with van der Waals surface area (Å²) in [5, 5.41) is 0.172. The number of aromatic nitrogens is 1. The van der Waals surface area contributed by atoms with Gasteiger partial charge < -0.3 is 10.5 Å². The average Bonchev–Trinajstić information content (AvgIpc) is 2.22. The van der Waals surface area contributed by atoms with E-state index in [-0.39, 0.29) is 22.5 Å². The molecule has 0 fully saturated rings. The maximum Gasteiger partial charge on any atom is 0.244 e. The van der Waals surface area contributed by atoms with E-state index < -0.39 is 11.6 Å². The molecule has 0 saturated heterocycles. The Morgan fingerprint density at radius 1 is 1.12 bits per heavy atom. The molecule has 1 heterocycles. The van der Waals surface area contributed by atoms with E-state index in [1.54, 1.807) is 0 Å². The lowest BCUT2D eigenvalue weighted by atomic mass is 10.3. The van der Waals surface area contributed by atoms with Gasteiger partial charge in [0.05, 0.1) is 5.69 Å². The van der Waals surface area contributed by atoms with Crippen LogP contribution in [0.2, 0.25) is 5.15 Å². The Morgan fingerprint density at radius 3 is 2.41 bits per heavy atom. The molecule has 0 radical (unpaired) electrons. The lowest BCUT2D eigenvalue weighted by Gasteiger charge is -2.07. The Kier molecular flexibility index (Phi) is 3.10. The van der Waals surface area contributed by atoms with Crippen LogP contribution in [-0.4, -0.2) is 4.98 Å². The number of hydrogen-bond donors (Lipinski definition) is 1. The predicted octanol–water partition coefficient (Wildman–Crippen LogP) is 3.39. The first-order valence-electron chi connectivity index (χ1n) is 4.60. The summed E-state index contributed by atoms with van der Waals surface area (Å²) < 4.78 is 31.0. The fraction of sp³-hybridized carbons (Fsp3) is 0. The van der Waals surface area contributed by atoms with Crippen LogP contribution < -0.4 is 10.5 Å². The quantitative estimate of drug-likeness (QED) is 0.838. The Bertz CT molecular complexity index is 543. The molecule has 1 aromatic carbocycles. The van der Waals surface area contributed by atoms with Crippen LogP contribution in [0.3, 0.4) is 0 Å². The third-order valence-corrected chi connectivity index (χ3v) is 2.12. The maximum absolute atomic E-state index is 12.9. The Labute approximate surface area is 101 Å². The molecule has 2 rings (SSSR count). The summed E-state index contributed by atoms with van der Waals surface area (Å²) in [6.45, 7) is 0. The van der Waals surface area contributed by atoms with Crippen LogP contribution >= 0.6 is 11.6 Å². The first kappa shape index (κ1) is 11.6. The molecule has 2 aromatic rings. The molecule has 0 spiro atoms. The summed E-state index contributed by atoms with van der Waals surface area (Å²) in [6.07, 6.45) is 0. The van der Waals surface area contributed by atoms with Crippen molar-refractivity contribution in [3.63, 3.8) is 0 Å². The topological polar surface area (TPSA) is 48.1 Å². The predicted molar refractivity (Wildman–Crippen MR) is 60.1 cm³/mol. The van der Waals surface area contributed by atoms with Crippen molar-refractivity contribution in [2.75, 3.05) is 5.73 Å². The smallest absolute Gasteiger partial charge is 0.244 e. The van der Waals surface area contributed by atoms with Crippen molar-refractivity contribution < 1.29 is 13.5 Å². The Morgan fingerprint density at radius 2 is 1.76 bits per heavy atom. The standard InChI is InChI=1S/C11H7ClF2N2O/c12-10-2-1-9(15)11(16-10)17-8-4-6(13)3-7(14)5-8/h1-5H,15H2. The van der Waals surface area contributed by atoms with Crippen LogP contribution in [0.5, 0.6) is 11.6 Å². The third-order valence-electron chi connectivity index (χ3n) is 1.91. The van der Waals surface area contributed by atoms with Gasteiger partial charge in [0.15, 0.2) is 0 Å². The van der Waals surface area contributed by atoms with Gasteiger partial charge in [-0.2, -0.15) is 4.98 Å². The molecule has 0 aliphatic carbocycles. The second-order valence-corrected chi connectivity index (χ2v) is 3.62. The lowest BCUT2D eigenvalue weighted by molar-refractivity contribution is 0.454. The summed E-state index contributed by atoms with van der Waals surface area (Å²) >= 11 is 5.65. The van der Waals surface area contributed by atoms with Gasteiger partial charge in [-0.15, -0.1) is 0 Å². The second-order valence-electron chi connectivity index (χ2n) is 3.24. The van der Waals surface area contributed by atoms with Crippen LogP contribution in [0, 0.1) is 11.6 Å². The van der Waals surface area contributed by atoms with Crippen LogP contribution in [0.25, 0.3) is 0 Å². The molecule has 0 saturated carbocycles. The zero-order chi connectivity index (χ0) is 12.4. The van der Waals surface area contributed by atoms with Crippen molar-refractivity contribution in [1.29, 1.82) is 0 Å². The van der Waals surface area contributed by atoms with Gasteiger partial charge in [-0.25, -0.2) is 8.78 Å². The van der Waals surface area contributed by atoms with E-state index in [1.807, 2.05) is 0 Å². The minimum Gasteiger partial charge on any atom is -0.437 e. The van der Waals surface area contributed by atoms with Crippen molar-refractivity contribution >= 4 is 17.3 Å². The van der Waals surface area contributed by atoms with Crippen molar-refractivity contribution in [3.05, 3.63) is 47.1 Å². The Hall–Kier alpha value is -1.88. The van der Waals surface area contributed by atoms with Crippen molar-refractivity contribution in [2.45, 2.75) is 0 Å². The number of rotatable bonds is 2. The number of nitrogens with two attached hydrogens (primary N) is 1. The number of nitrogens with zero attached hydrogens (tertiary/aromatic N) is 1. The SMILES string of the molecule is Nc1ccc(Cl)nc1Oc1cc(F)cc(F)c1. The molecule has 0 aliphatic heterocycles. The zero-order valence-corrected chi connectivity index (χ0v) is 9.21. The molecule has 0 aliphatic rings. The summed E-state index contributed by atoms with van der Waals surface area (Å²) in [5.74, 6) is -1.53. The van der Waals surface area contributed by atoms with Gasteiger partial charge >= 0.3 is 0 Å². The first-order chi connectivity index (χ1) is 8.04. The van der Waals surface area contributed by atoms with Crippen molar-refractivity contribution in [3.8, 4) is 11.6 Å². The minimum atomic E-state index is -0.749. The molecule has 0 atom stereocenters. The fourth-order valence-corrected chi connectivity index (χ4v) is 1.35. The molecule has 1 aromatic heterocycles. The number of anilines is 1. The molecule has 88 valence electrons. The lowest BCUT2D eigenvalue weighted by Crippen LogP contribution is -1.95. The van der Waals surface area contributed by atoms with Gasteiger partial charge in [-0.1, -0.05) is 11.6 Å². The van der Waals surface area contributed by atoms with Crippen LogP contribution in [0.15, 0.2) is 30.3 Å².